The van der Waals surface area contributed by atoms with Crippen LogP contribution in [0.1, 0.15) is 6.92 Å². The highest BCUT2D eigenvalue weighted by Crippen LogP contribution is 2.21. The molecule has 0 aromatic rings. The van der Waals surface area contributed by atoms with Gasteiger partial charge in [-0.3, -0.25) is 0 Å². The molecule has 0 heterocycles. The third-order valence-electron chi connectivity index (χ3n) is 1.36. The fourth-order valence-corrected chi connectivity index (χ4v) is 0.471. The Bertz CT molecular complexity index is 129. The fraction of sp³-hybridized carbons (Fsp3) is 1.00. The summed E-state index contributed by atoms with van der Waals surface area (Å²) < 4.78 is 47.5. The van der Waals surface area contributed by atoms with Crippen molar-refractivity contribution in [3.8, 4) is 0 Å². The van der Waals surface area contributed by atoms with E-state index in [-0.39, 0.29) is 12.6 Å². The van der Waals surface area contributed by atoms with Gasteiger partial charge in [0.2, 0.25) is 0 Å². The predicted molar refractivity (Wildman–Crippen MR) is 37.5 cm³/mol. The van der Waals surface area contributed by atoms with Crippen molar-refractivity contribution in [1.29, 1.82) is 0 Å². The van der Waals surface area contributed by atoms with Crippen LogP contribution in [0.5, 0.6) is 0 Å². The summed E-state index contributed by atoms with van der Waals surface area (Å²) in [4.78, 5) is 0. The Morgan fingerprint density at radius 2 is 1.92 bits per heavy atom. The minimum absolute atomic E-state index is 0.138. The van der Waals surface area contributed by atoms with Gasteiger partial charge in [0.1, 0.15) is 0 Å². The SMILES string of the molecule is C[C@H](CN)NCC(F)(F)C(F)F. The van der Waals surface area contributed by atoms with Gasteiger partial charge in [0.05, 0.1) is 6.54 Å². The predicted octanol–water partition coefficient (Wildman–Crippen LogP) is 0.824. The van der Waals surface area contributed by atoms with Gasteiger partial charge in [-0.05, 0) is 6.92 Å². The van der Waals surface area contributed by atoms with Gasteiger partial charge in [-0.25, -0.2) is 8.78 Å². The van der Waals surface area contributed by atoms with Crippen molar-refractivity contribution < 1.29 is 17.6 Å². The number of nitrogens with two attached hydrogens (primary N) is 1. The van der Waals surface area contributed by atoms with Crippen molar-refractivity contribution >= 4 is 0 Å². The molecular formula is C6H12F4N2. The molecule has 0 saturated carbocycles. The number of hydrogen-bond donors (Lipinski definition) is 2. The van der Waals surface area contributed by atoms with Gasteiger partial charge >= 0.3 is 12.3 Å². The average Bonchev–Trinajstić information content (AvgIpc) is 2.00. The molecule has 0 rings (SSSR count). The standard InChI is InChI=1S/C6H12F4N2/c1-4(2-11)12-3-6(9,10)5(7)8/h4-5,12H,2-3,11H2,1H3/t4-/m1/s1. The minimum Gasteiger partial charge on any atom is -0.329 e. The van der Waals surface area contributed by atoms with Crippen LogP contribution in [-0.4, -0.2) is 31.5 Å². The first kappa shape index (κ1) is 11.6. The first-order valence-electron chi connectivity index (χ1n) is 3.49. The zero-order chi connectivity index (χ0) is 9.78. The molecule has 0 aliphatic rings. The molecule has 0 fully saturated rings. The Labute approximate surface area is 68.1 Å². The zero-order valence-corrected chi connectivity index (χ0v) is 6.66. The molecule has 0 amide bonds. The highest BCUT2D eigenvalue weighted by atomic mass is 19.3. The third kappa shape index (κ3) is 3.87. The van der Waals surface area contributed by atoms with E-state index >= 15 is 0 Å². The molecule has 0 aliphatic heterocycles. The molecule has 12 heavy (non-hydrogen) atoms. The lowest BCUT2D eigenvalue weighted by Gasteiger charge is -2.18. The topological polar surface area (TPSA) is 38.0 Å². The molecule has 0 aromatic carbocycles. The fourth-order valence-electron chi connectivity index (χ4n) is 0.471. The summed E-state index contributed by atoms with van der Waals surface area (Å²) in [6, 6.07) is -0.380. The monoisotopic (exact) mass is 188 g/mol. The van der Waals surface area contributed by atoms with Crippen LogP contribution >= 0.6 is 0 Å². The molecule has 0 aliphatic carbocycles. The van der Waals surface area contributed by atoms with Crippen molar-refractivity contribution in [2.75, 3.05) is 13.1 Å². The van der Waals surface area contributed by atoms with E-state index in [2.05, 4.69) is 5.32 Å². The summed E-state index contributed by atoms with van der Waals surface area (Å²) in [5.74, 6) is -3.97. The Morgan fingerprint density at radius 1 is 1.42 bits per heavy atom. The zero-order valence-electron chi connectivity index (χ0n) is 6.66. The van der Waals surface area contributed by atoms with Crippen LogP contribution in [0.3, 0.4) is 0 Å². The van der Waals surface area contributed by atoms with Crippen molar-refractivity contribution in [2.24, 2.45) is 5.73 Å². The second-order valence-corrected chi connectivity index (χ2v) is 2.58. The molecular weight excluding hydrogens is 176 g/mol. The maximum absolute atomic E-state index is 12.2. The lowest BCUT2D eigenvalue weighted by Crippen LogP contribution is -2.44. The summed E-state index contributed by atoms with van der Waals surface area (Å²) >= 11 is 0. The normalized spacial score (nSPS) is 15.2. The number of halogens is 4. The second-order valence-electron chi connectivity index (χ2n) is 2.58. The maximum atomic E-state index is 12.2. The molecule has 3 N–H and O–H groups in total. The number of hydrogen-bond acceptors (Lipinski definition) is 2. The summed E-state index contributed by atoms with van der Waals surface area (Å²) in [6.07, 6.45) is -3.63. The van der Waals surface area contributed by atoms with Gasteiger partial charge in [-0.2, -0.15) is 8.78 Å². The molecule has 0 saturated heterocycles. The summed E-state index contributed by atoms with van der Waals surface area (Å²) in [6.45, 7) is 0.643. The van der Waals surface area contributed by atoms with E-state index in [9.17, 15) is 17.6 Å². The van der Waals surface area contributed by atoms with Crippen LogP contribution in [0.25, 0.3) is 0 Å². The van der Waals surface area contributed by atoms with Crippen molar-refractivity contribution in [2.45, 2.75) is 25.3 Å². The lowest BCUT2D eigenvalue weighted by atomic mass is 10.3. The van der Waals surface area contributed by atoms with E-state index < -0.39 is 18.9 Å². The molecule has 0 spiro atoms. The van der Waals surface area contributed by atoms with Gasteiger partial charge < -0.3 is 11.1 Å². The van der Waals surface area contributed by atoms with Crippen molar-refractivity contribution in [3.05, 3.63) is 0 Å². The summed E-state index contributed by atoms with van der Waals surface area (Å²) in [5.41, 5.74) is 5.08. The van der Waals surface area contributed by atoms with E-state index in [1.54, 1.807) is 6.92 Å². The Morgan fingerprint density at radius 3 is 2.25 bits per heavy atom. The van der Waals surface area contributed by atoms with Crippen LogP contribution < -0.4 is 11.1 Å². The summed E-state index contributed by atoms with van der Waals surface area (Å²) in [7, 11) is 0. The molecule has 0 aromatic heterocycles. The Hall–Kier alpha value is -0.360. The smallest absolute Gasteiger partial charge is 0.319 e. The van der Waals surface area contributed by atoms with E-state index in [0.717, 1.165) is 0 Å². The largest absolute Gasteiger partial charge is 0.329 e. The summed E-state index contributed by atoms with van der Waals surface area (Å²) in [5, 5.41) is 2.20. The lowest BCUT2D eigenvalue weighted by molar-refractivity contribution is -0.126. The highest BCUT2D eigenvalue weighted by Gasteiger charge is 2.40. The number of rotatable bonds is 5. The average molecular weight is 188 g/mol. The van der Waals surface area contributed by atoms with Gasteiger partial charge in [-0.1, -0.05) is 0 Å². The molecule has 74 valence electrons. The maximum Gasteiger partial charge on any atom is 0.319 e. The third-order valence-corrected chi connectivity index (χ3v) is 1.36. The Balaban J connectivity index is 3.75. The van der Waals surface area contributed by atoms with Crippen LogP contribution in [0.15, 0.2) is 0 Å². The van der Waals surface area contributed by atoms with E-state index in [0.29, 0.717) is 0 Å². The molecule has 1 atom stereocenters. The van der Waals surface area contributed by atoms with Crippen molar-refractivity contribution in [3.63, 3.8) is 0 Å². The molecule has 0 bridgehead atoms. The van der Waals surface area contributed by atoms with E-state index in [1.165, 1.54) is 0 Å². The van der Waals surface area contributed by atoms with Gasteiger partial charge in [0.25, 0.3) is 0 Å². The van der Waals surface area contributed by atoms with Gasteiger partial charge in [0.15, 0.2) is 0 Å². The Kier molecular flexibility index (Phi) is 4.47. The van der Waals surface area contributed by atoms with Gasteiger partial charge in [-0.15, -0.1) is 0 Å². The van der Waals surface area contributed by atoms with Crippen LogP contribution in [0.4, 0.5) is 17.6 Å². The minimum atomic E-state index is -3.97. The molecule has 0 unspecified atom stereocenters. The van der Waals surface area contributed by atoms with Crippen LogP contribution in [0.2, 0.25) is 0 Å². The first-order chi connectivity index (χ1) is 5.40. The quantitative estimate of drug-likeness (QED) is 0.627. The molecule has 6 heteroatoms. The van der Waals surface area contributed by atoms with E-state index in [4.69, 9.17) is 5.73 Å². The first-order valence-corrected chi connectivity index (χ1v) is 3.49. The van der Waals surface area contributed by atoms with E-state index in [1.807, 2.05) is 0 Å². The number of nitrogens with one attached hydrogen (secondary N) is 1. The van der Waals surface area contributed by atoms with Crippen LogP contribution in [-0.2, 0) is 0 Å². The van der Waals surface area contributed by atoms with Crippen molar-refractivity contribution in [1.82, 2.24) is 5.32 Å². The second kappa shape index (κ2) is 4.61. The highest BCUT2D eigenvalue weighted by molar-refractivity contribution is 4.74. The number of alkyl halides is 4. The molecule has 0 radical (unpaired) electrons. The molecule has 2 nitrogen and oxygen atoms in total. The van der Waals surface area contributed by atoms with Gasteiger partial charge in [0, 0.05) is 12.6 Å². The van der Waals surface area contributed by atoms with Crippen LogP contribution in [0, 0.1) is 0 Å².